The van der Waals surface area contributed by atoms with Crippen LogP contribution in [0.4, 0.5) is 5.69 Å². The number of benzene rings is 2. The number of amides is 1. The predicted molar refractivity (Wildman–Crippen MR) is 104 cm³/mol. The SMILES string of the molecule is Cc1cc(S(N)(=O)=O)cc(NC(=O)CSCc2ccccc2Cl)c1C. The molecule has 0 aromatic heterocycles. The Morgan fingerprint density at radius 2 is 1.92 bits per heavy atom. The molecule has 0 heterocycles. The van der Waals surface area contributed by atoms with Crippen molar-refractivity contribution < 1.29 is 13.2 Å². The van der Waals surface area contributed by atoms with Gasteiger partial charge in [-0.15, -0.1) is 11.8 Å². The van der Waals surface area contributed by atoms with Crippen LogP contribution in [0.15, 0.2) is 41.3 Å². The lowest BCUT2D eigenvalue weighted by molar-refractivity contribution is -0.113. The maximum absolute atomic E-state index is 12.2. The number of rotatable bonds is 6. The molecule has 3 N–H and O–H groups in total. The third-order valence-electron chi connectivity index (χ3n) is 3.69. The van der Waals surface area contributed by atoms with Crippen LogP contribution in [0.25, 0.3) is 0 Å². The van der Waals surface area contributed by atoms with Gasteiger partial charge in [0.1, 0.15) is 0 Å². The molecule has 0 radical (unpaired) electrons. The van der Waals surface area contributed by atoms with Crippen LogP contribution in [-0.2, 0) is 20.6 Å². The molecule has 0 aliphatic rings. The highest BCUT2D eigenvalue weighted by atomic mass is 35.5. The summed E-state index contributed by atoms with van der Waals surface area (Å²) < 4.78 is 23.1. The predicted octanol–water partition coefficient (Wildman–Crippen LogP) is 3.48. The Bertz CT molecular complexity index is 899. The normalized spacial score (nSPS) is 11.4. The van der Waals surface area contributed by atoms with Gasteiger partial charge in [0.2, 0.25) is 15.9 Å². The smallest absolute Gasteiger partial charge is 0.238 e. The van der Waals surface area contributed by atoms with Gasteiger partial charge in [0, 0.05) is 16.5 Å². The number of anilines is 1. The van der Waals surface area contributed by atoms with Crippen molar-refractivity contribution in [3.05, 3.63) is 58.1 Å². The lowest BCUT2D eigenvalue weighted by Gasteiger charge is -2.13. The molecular formula is C17H19ClN2O3S2. The summed E-state index contributed by atoms with van der Waals surface area (Å²) in [6.45, 7) is 3.58. The van der Waals surface area contributed by atoms with E-state index >= 15 is 0 Å². The second-order valence-corrected chi connectivity index (χ2v) is 8.54. The maximum atomic E-state index is 12.2. The Morgan fingerprint density at radius 1 is 1.24 bits per heavy atom. The molecule has 2 aromatic carbocycles. The summed E-state index contributed by atoms with van der Waals surface area (Å²) in [7, 11) is -3.83. The number of carbonyl (C=O) groups is 1. The fraction of sp³-hybridized carbons (Fsp3) is 0.235. The fourth-order valence-electron chi connectivity index (χ4n) is 2.18. The highest BCUT2D eigenvalue weighted by Crippen LogP contribution is 2.24. The molecule has 0 bridgehead atoms. The van der Waals surface area contributed by atoms with Crippen molar-refractivity contribution >= 4 is 45.0 Å². The highest BCUT2D eigenvalue weighted by molar-refractivity contribution is 7.99. The van der Waals surface area contributed by atoms with E-state index in [-0.39, 0.29) is 16.6 Å². The van der Waals surface area contributed by atoms with Crippen molar-refractivity contribution in [2.24, 2.45) is 5.14 Å². The number of carbonyl (C=O) groups excluding carboxylic acids is 1. The minimum absolute atomic E-state index is 0.0189. The number of thioether (sulfide) groups is 1. The molecule has 0 atom stereocenters. The molecule has 25 heavy (non-hydrogen) atoms. The third kappa shape index (κ3) is 5.47. The molecule has 0 saturated heterocycles. The van der Waals surface area contributed by atoms with Crippen LogP contribution in [0.5, 0.6) is 0 Å². The van der Waals surface area contributed by atoms with Gasteiger partial charge >= 0.3 is 0 Å². The number of aryl methyl sites for hydroxylation is 1. The minimum Gasteiger partial charge on any atom is -0.325 e. The number of nitrogens with two attached hydrogens (primary N) is 1. The zero-order valence-corrected chi connectivity index (χ0v) is 16.3. The first-order chi connectivity index (χ1) is 11.7. The van der Waals surface area contributed by atoms with E-state index in [1.54, 1.807) is 6.92 Å². The maximum Gasteiger partial charge on any atom is 0.238 e. The van der Waals surface area contributed by atoms with Crippen LogP contribution in [0.3, 0.4) is 0 Å². The van der Waals surface area contributed by atoms with Crippen molar-refractivity contribution in [3.63, 3.8) is 0 Å². The average molecular weight is 399 g/mol. The summed E-state index contributed by atoms with van der Waals surface area (Å²) in [4.78, 5) is 12.1. The van der Waals surface area contributed by atoms with Gasteiger partial charge < -0.3 is 5.32 Å². The summed E-state index contributed by atoms with van der Waals surface area (Å²) in [5.41, 5.74) is 2.96. The van der Waals surface area contributed by atoms with Crippen LogP contribution in [0.1, 0.15) is 16.7 Å². The van der Waals surface area contributed by atoms with Crippen LogP contribution in [0, 0.1) is 13.8 Å². The quantitative estimate of drug-likeness (QED) is 0.779. The first-order valence-corrected chi connectivity index (χ1v) is 10.5. The van der Waals surface area contributed by atoms with E-state index in [4.69, 9.17) is 16.7 Å². The van der Waals surface area contributed by atoms with E-state index in [1.165, 1.54) is 23.9 Å². The lowest BCUT2D eigenvalue weighted by Crippen LogP contribution is -2.17. The average Bonchev–Trinajstić information content (AvgIpc) is 2.52. The molecule has 0 aliphatic carbocycles. The van der Waals surface area contributed by atoms with Crippen LogP contribution < -0.4 is 10.5 Å². The molecule has 0 aliphatic heterocycles. The van der Waals surface area contributed by atoms with Crippen molar-refractivity contribution in [3.8, 4) is 0 Å². The third-order valence-corrected chi connectivity index (χ3v) is 5.93. The van der Waals surface area contributed by atoms with Crippen molar-refractivity contribution in [2.75, 3.05) is 11.1 Å². The Kier molecular flexibility index (Phi) is 6.51. The summed E-state index contributed by atoms with van der Waals surface area (Å²) in [5, 5.41) is 8.60. The summed E-state index contributed by atoms with van der Waals surface area (Å²) >= 11 is 7.51. The first-order valence-electron chi connectivity index (χ1n) is 7.43. The van der Waals surface area contributed by atoms with Gasteiger partial charge in [0.15, 0.2) is 0 Å². The van der Waals surface area contributed by atoms with Crippen molar-refractivity contribution in [2.45, 2.75) is 24.5 Å². The number of primary sulfonamides is 1. The van der Waals surface area contributed by atoms with Gasteiger partial charge in [-0.3, -0.25) is 4.79 Å². The van der Waals surface area contributed by atoms with Gasteiger partial charge in [-0.05, 0) is 48.7 Å². The molecule has 0 saturated carbocycles. The summed E-state index contributed by atoms with van der Waals surface area (Å²) in [6, 6.07) is 10.3. The molecule has 2 aromatic rings. The van der Waals surface area contributed by atoms with E-state index in [0.717, 1.165) is 16.7 Å². The topological polar surface area (TPSA) is 89.3 Å². The Hall–Kier alpha value is -1.54. The van der Waals surface area contributed by atoms with E-state index in [2.05, 4.69) is 5.32 Å². The minimum atomic E-state index is -3.83. The van der Waals surface area contributed by atoms with Crippen molar-refractivity contribution in [1.82, 2.24) is 0 Å². The second-order valence-electron chi connectivity index (χ2n) is 5.59. The molecular weight excluding hydrogens is 380 g/mol. The molecule has 2 rings (SSSR count). The summed E-state index contributed by atoms with van der Waals surface area (Å²) in [5.74, 6) is 0.622. The van der Waals surface area contributed by atoms with E-state index in [9.17, 15) is 13.2 Å². The molecule has 1 amide bonds. The van der Waals surface area contributed by atoms with Crippen LogP contribution in [0.2, 0.25) is 5.02 Å². The Labute approximate surface area is 157 Å². The highest BCUT2D eigenvalue weighted by Gasteiger charge is 2.14. The van der Waals surface area contributed by atoms with Crippen molar-refractivity contribution in [1.29, 1.82) is 0 Å². The molecule has 134 valence electrons. The first kappa shape index (κ1) is 19.8. The largest absolute Gasteiger partial charge is 0.325 e. The summed E-state index contributed by atoms with van der Waals surface area (Å²) in [6.07, 6.45) is 0. The lowest BCUT2D eigenvalue weighted by atomic mass is 10.1. The fourth-order valence-corrected chi connectivity index (χ4v) is 3.91. The molecule has 0 spiro atoms. The van der Waals surface area contributed by atoms with Gasteiger partial charge in [-0.25, -0.2) is 13.6 Å². The Balaban J connectivity index is 2.03. The zero-order valence-electron chi connectivity index (χ0n) is 13.9. The van der Waals surface area contributed by atoms with Gasteiger partial charge in [-0.1, -0.05) is 29.8 Å². The molecule has 8 heteroatoms. The number of sulfonamides is 1. The van der Waals surface area contributed by atoms with Gasteiger partial charge in [-0.2, -0.15) is 0 Å². The van der Waals surface area contributed by atoms with Crippen LogP contribution >= 0.6 is 23.4 Å². The second kappa shape index (κ2) is 8.23. The van der Waals surface area contributed by atoms with Gasteiger partial charge in [0.05, 0.1) is 10.6 Å². The number of nitrogens with one attached hydrogen (secondary N) is 1. The monoisotopic (exact) mass is 398 g/mol. The van der Waals surface area contributed by atoms with E-state index < -0.39 is 10.0 Å². The number of hydrogen-bond donors (Lipinski definition) is 2. The van der Waals surface area contributed by atoms with E-state index in [1.807, 2.05) is 31.2 Å². The zero-order chi connectivity index (χ0) is 18.6. The standard InChI is InChI=1S/C17H19ClN2O3S2/c1-11-7-14(25(19,22)23)8-16(12(11)2)20-17(21)10-24-9-13-5-3-4-6-15(13)18/h3-8H,9-10H2,1-2H3,(H,20,21)(H2,19,22,23). The molecule has 5 nitrogen and oxygen atoms in total. The Morgan fingerprint density at radius 3 is 2.56 bits per heavy atom. The van der Waals surface area contributed by atoms with Crippen LogP contribution in [-0.4, -0.2) is 20.1 Å². The molecule has 0 fully saturated rings. The van der Waals surface area contributed by atoms with E-state index in [0.29, 0.717) is 16.5 Å². The van der Waals surface area contributed by atoms with Gasteiger partial charge in [0.25, 0.3) is 0 Å². The number of hydrogen-bond acceptors (Lipinski definition) is 4. The number of halogens is 1. The molecule has 0 unspecified atom stereocenters.